The topological polar surface area (TPSA) is 26.7 Å². The number of aromatic hydroxyl groups is 1. The molecule has 1 aliphatic carbocycles. The third-order valence-electron chi connectivity index (χ3n) is 7.62. The van der Waals surface area contributed by atoms with Crippen LogP contribution in [0.15, 0.2) is 54.6 Å². The number of fused-ring (bicyclic) bond motifs is 2. The molecule has 3 nitrogen and oxygen atoms in total. The van der Waals surface area contributed by atoms with Gasteiger partial charge in [0.15, 0.2) is 0 Å². The number of rotatable bonds is 6. The zero-order chi connectivity index (χ0) is 20.4. The van der Waals surface area contributed by atoms with Crippen molar-refractivity contribution in [3.05, 3.63) is 65.7 Å². The molecule has 1 saturated heterocycles. The SMILES string of the molecule is CC1CN(CCCc2ccccc2)[C@@H]2C[C@H](N(C)C)C[C@@]1(c1cccc(O)c1)C2. The predicted octanol–water partition coefficient (Wildman–Crippen LogP) is 4.70. The second-order valence-corrected chi connectivity index (χ2v) is 9.61. The molecule has 0 aromatic heterocycles. The lowest BCUT2D eigenvalue weighted by Crippen LogP contribution is -2.61. The van der Waals surface area contributed by atoms with Crippen molar-refractivity contribution in [2.45, 2.75) is 56.5 Å². The second-order valence-electron chi connectivity index (χ2n) is 9.61. The van der Waals surface area contributed by atoms with Crippen molar-refractivity contribution in [2.75, 3.05) is 27.2 Å². The van der Waals surface area contributed by atoms with E-state index in [-0.39, 0.29) is 5.41 Å². The molecule has 1 N–H and O–H groups in total. The maximum atomic E-state index is 10.2. The number of aryl methyl sites for hydroxylation is 1. The monoisotopic (exact) mass is 392 g/mol. The van der Waals surface area contributed by atoms with E-state index < -0.39 is 0 Å². The van der Waals surface area contributed by atoms with Gasteiger partial charge < -0.3 is 10.0 Å². The largest absolute Gasteiger partial charge is 0.508 e. The first kappa shape index (κ1) is 20.4. The van der Waals surface area contributed by atoms with Crippen molar-refractivity contribution >= 4 is 0 Å². The molecule has 2 aromatic carbocycles. The van der Waals surface area contributed by atoms with Crippen molar-refractivity contribution < 1.29 is 5.11 Å². The van der Waals surface area contributed by atoms with Gasteiger partial charge in [0.25, 0.3) is 0 Å². The smallest absolute Gasteiger partial charge is 0.115 e. The van der Waals surface area contributed by atoms with E-state index in [2.05, 4.69) is 67.2 Å². The quantitative estimate of drug-likeness (QED) is 0.772. The van der Waals surface area contributed by atoms with Crippen molar-refractivity contribution in [3.8, 4) is 5.75 Å². The molecule has 0 radical (unpaired) electrons. The first-order valence-electron chi connectivity index (χ1n) is 11.2. The van der Waals surface area contributed by atoms with Crippen LogP contribution in [0.25, 0.3) is 0 Å². The molecular formula is C26H36N2O. The molecule has 1 heterocycles. The Balaban J connectivity index is 1.53. The first-order chi connectivity index (χ1) is 14.0. The van der Waals surface area contributed by atoms with Crippen LogP contribution in [-0.4, -0.2) is 54.2 Å². The molecule has 2 bridgehead atoms. The molecule has 2 aliphatic rings. The fourth-order valence-corrected chi connectivity index (χ4v) is 5.90. The van der Waals surface area contributed by atoms with Crippen LogP contribution in [0.3, 0.4) is 0 Å². The van der Waals surface area contributed by atoms with Gasteiger partial charge in [-0.3, -0.25) is 4.90 Å². The van der Waals surface area contributed by atoms with Crippen molar-refractivity contribution in [1.29, 1.82) is 0 Å². The van der Waals surface area contributed by atoms with E-state index >= 15 is 0 Å². The summed E-state index contributed by atoms with van der Waals surface area (Å²) in [5.74, 6) is 0.984. The number of hydrogen-bond donors (Lipinski definition) is 1. The highest BCUT2D eigenvalue weighted by molar-refractivity contribution is 5.36. The van der Waals surface area contributed by atoms with Gasteiger partial charge in [-0.1, -0.05) is 49.4 Å². The van der Waals surface area contributed by atoms with E-state index in [9.17, 15) is 5.11 Å². The lowest BCUT2D eigenvalue weighted by Gasteiger charge is -2.57. The minimum atomic E-state index is 0.173. The Bertz CT molecular complexity index is 805. The van der Waals surface area contributed by atoms with E-state index in [1.54, 1.807) is 6.07 Å². The number of phenolic OH excluding ortho intramolecular Hbond substituents is 1. The zero-order valence-corrected chi connectivity index (χ0v) is 18.2. The van der Waals surface area contributed by atoms with Gasteiger partial charge in [-0.25, -0.2) is 0 Å². The average molecular weight is 393 g/mol. The van der Waals surface area contributed by atoms with Gasteiger partial charge in [0.2, 0.25) is 0 Å². The highest BCUT2D eigenvalue weighted by Gasteiger charge is 2.51. The van der Waals surface area contributed by atoms with E-state index in [0.29, 0.717) is 23.8 Å². The number of piperidine rings is 1. The van der Waals surface area contributed by atoms with Gasteiger partial charge in [-0.05, 0) is 81.9 Å². The van der Waals surface area contributed by atoms with Crippen molar-refractivity contribution in [3.63, 3.8) is 0 Å². The standard InChI is InChI=1S/C26H36N2O/c1-20-19-28(14-8-11-21-9-5-4-6-10-21)24-16-23(27(2)3)17-26(20,18-24)22-12-7-13-25(29)15-22/h4-7,9-10,12-13,15,20,23-24,29H,8,11,14,16-19H2,1-3H3/t20?,23-,24+,26+/m0/s1. The molecular weight excluding hydrogens is 356 g/mol. The lowest BCUT2D eigenvalue weighted by atomic mass is 9.57. The second kappa shape index (κ2) is 8.49. The Morgan fingerprint density at radius 1 is 1.07 bits per heavy atom. The maximum absolute atomic E-state index is 10.2. The summed E-state index contributed by atoms with van der Waals surface area (Å²) in [6.07, 6.45) is 6.05. The minimum Gasteiger partial charge on any atom is -0.508 e. The van der Waals surface area contributed by atoms with Gasteiger partial charge in [-0.2, -0.15) is 0 Å². The van der Waals surface area contributed by atoms with Crippen molar-refractivity contribution in [1.82, 2.24) is 9.80 Å². The fourth-order valence-electron chi connectivity index (χ4n) is 5.90. The fraction of sp³-hybridized carbons (Fsp3) is 0.538. The Morgan fingerprint density at radius 3 is 2.59 bits per heavy atom. The highest BCUT2D eigenvalue weighted by atomic mass is 16.3. The molecule has 3 heteroatoms. The highest BCUT2D eigenvalue weighted by Crippen LogP contribution is 2.51. The molecule has 1 unspecified atom stereocenters. The van der Waals surface area contributed by atoms with Crippen LogP contribution in [0.1, 0.15) is 43.7 Å². The summed E-state index contributed by atoms with van der Waals surface area (Å²) >= 11 is 0. The Kier molecular flexibility index (Phi) is 5.98. The maximum Gasteiger partial charge on any atom is 0.115 e. The van der Waals surface area contributed by atoms with Crippen molar-refractivity contribution in [2.24, 2.45) is 5.92 Å². The lowest BCUT2D eigenvalue weighted by molar-refractivity contribution is -0.0212. The van der Waals surface area contributed by atoms with E-state index in [1.165, 1.54) is 43.4 Å². The molecule has 0 spiro atoms. The van der Waals surface area contributed by atoms with Gasteiger partial charge in [0.1, 0.15) is 5.75 Å². The third-order valence-corrected chi connectivity index (χ3v) is 7.62. The predicted molar refractivity (Wildman–Crippen MR) is 120 cm³/mol. The van der Waals surface area contributed by atoms with Gasteiger partial charge in [0.05, 0.1) is 0 Å². The Labute approximate surface area is 176 Å². The summed E-state index contributed by atoms with van der Waals surface area (Å²) < 4.78 is 0. The summed E-state index contributed by atoms with van der Waals surface area (Å²) in [7, 11) is 4.46. The number of likely N-dealkylation sites (tertiary alicyclic amines) is 1. The van der Waals surface area contributed by atoms with Crippen LogP contribution >= 0.6 is 0 Å². The van der Waals surface area contributed by atoms with E-state index in [4.69, 9.17) is 0 Å². The molecule has 2 fully saturated rings. The molecule has 2 aromatic rings. The van der Waals surface area contributed by atoms with E-state index in [0.717, 1.165) is 13.0 Å². The Morgan fingerprint density at radius 2 is 1.86 bits per heavy atom. The molecule has 4 rings (SSSR count). The summed E-state index contributed by atoms with van der Waals surface area (Å²) in [5.41, 5.74) is 2.96. The molecule has 29 heavy (non-hydrogen) atoms. The normalized spacial score (nSPS) is 29.9. The minimum absolute atomic E-state index is 0.173. The third kappa shape index (κ3) is 4.22. The molecule has 0 amide bonds. The average Bonchev–Trinajstić information content (AvgIpc) is 2.72. The zero-order valence-electron chi connectivity index (χ0n) is 18.2. The number of phenols is 1. The summed E-state index contributed by atoms with van der Waals surface area (Å²) in [5, 5.41) is 10.2. The van der Waals surface area contributed by atoms with Crippen LogP contribution in [-0.2, 0) is 11.8 Å². The van der Waals surface area contributed by atoms with E-state index in [1.807, 2.05) is 12.1 Å². The molecule has 156 valence electrons. The number of benzene rings is 2. The van der Waals surface area contributed by atoms with Crippen LogP contribution in [0.4, 0.5) is 0 Å². The van der Waals surface area contributed by atoms with Gasteiger partial charge in [0, 0.05) is 24.0 Å². The van der Waals surface area contributed by atoms with Crippen LogP contribution in [0.5, 0.6) is 5.75 Å². The first-order valence-corrected chi connectivity index (χ1v) is 11.2. The van der Waals surface area contributed by atoms with Crippen LogP contribution < -0.4 is 0 Å². The number of nitrogens with zero attached hydrogens (tertiary/aromatic N) is 2. The van der Waals surface area contributed by atoms with Crippen LogP contribution in [0, 0.1) is 5.92 Å². The molecule has 1 aliphatic heterocycles. The Hall–Kier alpha value is -1.84. The van der Waals surface area contributed by atoms with Gasteiger partial charge >= 0.3 is 0 Å². The summed E-state index contributed by atoms with van der Waals surface area (Å²) in [6.45, 7) is 4.78. The van der Waals surface area contributed by atoms with Crippen LogP contribution in [0.2, 0.25) is 0 Å². The summed E-state index contributed by atoms with van der Waals surface area (Å²) in [4.78, 5) is 5.19. The summed E-state index contributed by atoms with van der Waals surface area (Å²) in [6, 6.07) is 20.2. The molecule has 4 atom stereocenters. The molecule has 1 saturated carbocycles. The van der Waals surface area contributed by atoms with Gasteiger partial charge in [-0.15, -0.1) is 0 Å². The number of hydrogen-bond acceptors (Lipinski definition) is 3.